The molecule has 0 rings (SSSR count). The molecule has 0 aromatic carbocycles. The van der Waals surface area contributed by atoms with Gasteiger partial charge in [0.25, 0.3) is 0 Å². The van der Waals surface area contributed by atoms with Gasteiger partial charge in [-0.25, -0.2) is 19.2 Å². The van der Waals surface area contributed by atoms with Crippen molar-refractivity contribution in [2.75, 3.05) is 40.6 Å². The summed E-state index contributed by atoms with van der Waals surface area (Å²) in [5, 5.41) is 0. The predicted octanol–water partition coefficient (Wildman–Crippen LogP) is 2.15. The lowest BCUT2D eigenvalue weighted by Gasteiger charge is -2.10. The number of ether oxygens (including phenoxy) is 6. The van der Waals surface area contributed by atoms with Crippen LogP contribution in [-0.4, -0.2) is 64.5 Å². The van der Waals surface area contributed by atoms with Gasteiger partial charge in [0.15, 0.2) is 11.1 Å². The molecule has 0 N–H and O–H groups in total. The summed E-state index contributed by atoms with van der Waals surface area (Å²) in [7, 11) is 2.53. The summed E-state index contributed by atoms with van der Waals surface area (Å²) in [6, 6.07) is 0. The highest BCUT2D eigenvalue weighted by Crippen LogP contribution is 2.14. The Labute approximate surface area is 187 Å². The van der Waals surface area contributed by atoms with E-state index in [-0.39, 0.29) is 37.9 Å². The van der Waals surface area contributed by atoms with Crippen LogP contribution in [0, 0.1) is 0 Å². The smallest absolute Gasteiger partial charge is 0.349 e. The molecule has 0 aliphatic heterocycles. The van der Waals surface area contributed by atoms with Crippen LogP contribution in [0.25, 0.3) is 0 Å². The molecule has 0 amide bonds. The number of methoxy groups -OCH3 is 2. The Morgan fingerprint density at radius 2 is 0.781 bits per heavy atom. The summed E-state index contributed by atoms with van der Waals surface area (Å²) in [5.74, 6) is -3.82. The minimum Gasteiger partial charge on any atom is -0.496 e. The number of allylic oxidation sites excluding steroid dienone is 4. The van der Waals surface area contributed by atoms with E-state index >= 15 is 0 Å². The van der Waals surface area contributed by atoms with Gasteiger partial charge in [-0.1, -0.05) is 12.2 Å². The highest BCUT2D eigenvalue weighted by molar-refractivity contribution is 6.15. The van der Waals surface area contributed by atoms with E-state index in [4.69, 9.17) is 28.4 Å². The monoisotopic (exact) mass is 454 g/mol. The maximum absolute atomic E-state index is 12.2. The molecule has 0 aromatic heterocycles. The molecular formula is C22H30O10. The molecule has 0 aliphatic rings. The molecule has 32 heavy (non-hydrogen) atoms. The van der Waals surface area contributed by atoms with Crippen molar-refractivity contribution in [1.29, 1.82) is 0 Å². The first-order valence-electron chi connectivity index (χ1n) is 9.92. The minimum atomic E-state index is -0.902. The zero-order valence-corrected chi connectivity index (χ0v) is 19.2. The second-order valence-electron chi connectivity index (χ2n) is 5.49. The Hall–Kier alpha value is -3.56. The van der Waals surface area contributed by atoms with Crippen molar-refractivity contribution >= 4 is 23.9 Å². The van der Waals surface area contributed by atoms with Gasteiger partial charge in [-0.05, 0) is 39.8 Å². The van der Waals surface area contributed by atoms with Crippen LogP contribution >= 0.6 is 0 Å². The minimum absolute atomic E-state index is 0.0504. The Kier molecular flexibility index (Phi) is 14.4. The van der Waals surface area contributed by atoms with Gasteiger partial charge in [0, 0.05) is 0 Å². The average molecular weight is 454 g/mol. The van der Waals surface area contributed by atoms with Crippen LogP contribution in [0.2, 0.25) is 0 Å². The highest BCUT2D eigenvalue weighted by atomic mass is 16.6. The summed E-state index contributed by atoms with van der Waals surface area (Å²) < 4.78 is 29.8. The number of hydrogen-bond acceptors (Lipinski definition) is 10. The van der Waals surface area contributed by atoms with Crippen molar-refractivity contribution in [3.63, 3.8) is 0 Å². The van der Waals surface area contributed by atoms with Crippen LogP contribution in [0.15, 0.2) is 47.0 Å². The predicted molar refractivity (Wildman–Crippen MR) is 113 cm³/mol. The topological polar surface area (TPSA) is 124 Å². The van der Waals surface area contributed by atoms with Gasteiger partial charge >= 0.3 is 23.9 Å². The van der Waals surface area contributed by atoms with Crippen LogP contribution in [-0.2, 0) is 47.6 Å². The average Bonchev–Trinajstić information content (AvgIpc) is 2.75. The molecule has 10 heteroatoms. The molecule has 0 aliphatic carbocycles. The zero-order chi connectivity index (χ0) is 24.5. The van der Waals surface area contributed by atoms with Crippen molar-refractivity contribution in [3.05, 3.63) is 47.0 Å². The number of carbonyl (C=O) groups is 4. The van der Waals surface area contributed by atoms with E-state index in [2.05, 4.69) is 0 Å². The Bertz CT molecular complexity index is 681. The molecule has 0 saturated carbocycles. The van der Waals surface area contributed by atoms with E-state index in [0.29, 0.717) is 0 Å². The summed E-state index contributed by atoms with van der Waals surface area (Å²) in [6.45, 7) is 6.57. The number of hydrogen-bond donors (Lipinski definition) is 0. The van der Waals surface area contributed by atoms with Crippen LogP contribution < -0.4 is 0 Å². The summed E-state index contributed by atoms with van der Waals surface area (Å²) in [6.07, 6.45) is 5.40. The first-order valence-corrected chi connectivity index (χ1v) is 9.92. The van der Waals surface area contributed by atoms with Crippen LogP contribution in [0.4, 0.5) is 0 Å². The molecule has 0 bridgehead atoms. The fraction of sp³-hybridized carbons (Fsp3) is 0.455. The Balaban J connectivity index is 6.12. The third-order valence-electron chi connectivity index (χ3n) is 3.46. The Morgan fingerprint density at radius 3 is 0.969 bits per heavy atom. The Morgan fingerprint density at radius 1 is 0.531 bits per heavy atom. The van der Waals surface area contributed by atoms with E-state index in [9.17, 15) is 19.2 Å². The van der Waals surface area contributed by atoms with Gasteiger partial charge in [-0.15, -0.1) is 0 Å². The first kappa shape index (κ1) is 28.4. The largest absolute Gasteiger partial charge is 0.496 e. The lowest BCUT2D eigenvalue weighted by Crippen LogP contribution is -2.21. The van der Waals surface area contributed by atoms with Gasteiger partial charge in [-0.3, -0.25) is 0 Å². The van der Waals surface area contributed by atoms with Crippen molar-refractivity contribution in [2.45, 2.75) is 27.7 Å². The summed E-state index contributed by atoms with van der Waals surface area (Å²) in [4.78, 5) is 48.7. The molecule has 0 atom stereocenters. The molecule has 0 saturated heterocycles. The van der Waals surface area contributed by atoms with Gasteiger partial charge in [0.2, 0.25) is 0 Å². The molecule has 0 heterocycles. The van der Waals surface area contributed by atoms with Crippen molar-refractivity contribution < 1.29 is 47.6 Å². The molecular weight excluding hydrogens is 424 g/mol. The van der Waals surface area contributed by atoms with Crippen LogP contribution in [0.5, 0.6) is 0 Å². The van der Waals surface area contributed by atoms with E-state index in [1.165, 1.54) is 38.5 Å². The normalized spacial score (nSPS) is 10.3. The number of esters is 4. The SMILES string of the molecule is CCOC(=O)C(C(=O)OCC)=C(/C=C/C=C/C(OC)=C(C(=O)OCC)C(=O)OCC)OC. The lowest BCUT2D eigenvalue weighted by atomic mass is 10.2. The second-order valence-corrected chi connectivity index (χ2v) is 5.49. The van der Waals surface area contributed by atoms with Gasteiger partial charge in [-0.2, -0.15) is 0 Å². The molecule has 0 aromatic rings. The second kappa shape index (κ2) is 16.2. The number of carbonyl (C=O) groups excluding carboxylic acids is 4. The van der Waals surface area contributed by atoms with E-state index in [0.717, 1.165) is 0 Å². The maximum Gasteiger partial charge on any atom is 0.349 e. The van der Waals surface area contributed by atoms with Crippen LogP contribution in [0.3, 0.4) is 0 Å². The van der Waals surface area contributed by atoms with E-state index in [1.807, 2.05) is 0 Å². The third kappa shape index (κ3) is 9.07. The van der Waals surface area contributed by atoms with Crippen LogP contribution in [0.1, 0.15) is 27.7 Å². The zero-order valence-electron chi connectivity index (χ0n) is 19.2. The van der Waals surface area contributed by atoms with Crippen molar-refractivity contribution in [3.8, 4) is 0 Å². The fourth-order valence-electron chi connectivity index (χ4n) is 2.17. The van der Waals surface area contributed by atoms with Crippen molar-refractivity contribution in [1.82, 2.24) is 0 Å². The summed E-state index contributed by atoms with van der Waals surface area (Å²) in [5.41, 5.74) is -0.829. The third-order valence-corrected chi connectivity index (χ3v) is 3.46. The van der Waals surface area contributed by atoms with Gasteiger partial charge in [0.05, 0.1) is 40.6 Å². The molecule has 10 nitrogen and oxygen atoms in total. The van der Waals surface area contributed by atoms with Crippen molar-refractivity contribution in [2.24, 2.45) is 0 Å². The molecule has 0 unspecified atom stereocenters. The highest BCUT2D eigenvalue weighted by Gasteiger charge is 2.27. The lowest BCUT2D eigenvalue weighted by molar-refractivity contribution is -0.148. The summed E-state index contributed by atoms with van der Waals surface area (Å²) >= 11 is 0. The molecule has 0 spiro atoms. The first-order chi connectivity index (χ1) is 15.3. The van der Waals surface area contributed by atoms with Gasteiger partial charge in [0.1, 0.15) is 11.5 Å². The molecule has 0 fully saturated rings. The quantitative estimate of drug-likeness (QED) is 0.0777. The van der Waals surface area contributed by atoms with Gasteiger partial charge < -0.3 is 28.4 Å². The fourth-order valence-corrected chi connectivity index (χ4v) is 2.17. The number of rotatable bonds is 13. The standard InChI is InChI=1S/C22H30O10/c1-7-29-19(23)17(20(24)30-8-2)15(27-5)13-11-12-14-16(28-6)18(21(25)31-9-3)22(26)32-10-4/h11-14H,7-10H2,1-6H3/b13-11+,14-12+. The molecule has 0 radical (unpaired) electrons. The maximum atomic E-state index is 12.2. The van der Waals surface area contributed by atoms with E-state index in [1.54, 1.807) is 27.7 Å². The van der Waals surface area contributed by atoms with E-state index < -0.39 is 35.0 Å². The molecule has 178 valence electrons.